The molecule has 5 rings (SSSR count). The molecule has 5 aromatic rings. The van der Waals surface area contributed by atoms with Crippen molar-refractivity contribution in [1.29, 1.82) is 0 Å². The number of benzene rings is 2. The molecule has 1 atom stereocenters. The van der Waals surface area contributed by atoms with E-state index in [9.17, 15) is 0 Å². The first kappa shape index (κ1) is 16.3. The monoisotopic (exact) mass is 367 g/mol. The number of fused-ring (bicyclic) bond motifs is 2. The van der Waals surface area contributed by atoms with Crippen LogP contribution in [0.25, 0.3) is 22.2 Å². The molecule has 3 heterocycles. The number of para-hydroxylation sites is 1. The minimum Gasteiger partial charge on any atom is -0.382 e. The van der Waals surface area contributed by atoms with Crippen molar-refractivity contribution in [3.63, 3.8) is 0 Å². The molecule has 0 radical (unpaired) electrons. The van der Waals surface area contributed by atoms with Crippen molar-refractivity contribution in [1.82, 2.24) is 29.5 Å². The van der Waals surface area contributed by atoms with Gasteiger partial charge in [-0.15, -0.1) is 0 Å². The van der Waals surface area contributed by atoms with Crippen LogP contribution in [0.1, 0.15) is 22.9 Å². The van der Waals surface area contributed by atoms with E-state index in [0.717, 1.165) is 27.9 Å². The minimum absolute atomic E-state index is 0.238. The summed E-state index contributed by atoms with van der Waals surface area (Å²) in [6.45, 7) is 2.04. The molecular formula is C21H17N7. The van der Waals surface area contributed by atoms with E-state index >= 15 is 0 Å². The lowest BCUT2D eigenvalue weighted by atomic mass is 10.0. The van der Waals surface area contributed by atoms with Gasteiger partial charge >= 0.3 is 0 Å². The lowest BCUT2D eigenvalue weighted by Gasteiger charge is -2.19. The van der Waals surface area contributed by atoms with Gasteiger partial charge in [-0.1, -0.05) is 42.5 Å². The molecule has 0 aliphatic rings. The summed E-state index contributed by atoms with van der Waals surface area (Å²) in [4.78, 5) is 22.5. The Morgan fingerprint density at radius 2 is 1.75 bits per heavy atom. The maximum Gasteiger partial charge on any atom is 0.166 e. The van der Waals surface area contributed by atoms with Gasteiger partial charge in [-0.05, 0) is 24.1 Å². The highest BCUT2D eigenvalue weighted by Gasteiger charge is 2.22. The third kappa shape index (κ3) is 2.56. The predicted octanol–water partition coefficient (Wildman–Crippen LogP) is 3.30. The van der Waals surface area contributed by atoms with Crippen LogP contribution in [-0.2, 0) is 0 Å². The van der Waals surface area contributed by atoms with Crippen molar-refractivity contribution in [3.05, 3.63) is 84.2 Å². The fraction of sp³-hybridized carbons (Fsp3) is 0.0952. The quantitative estimate of drug-likeness (QED) is 0.526. The zero-order valence-corrected chi connectivity index (χ0v) is 15.2. The van der Waals surface area contributed by atoms with E-state index in [1.54, 1.807) is 6.33 Å². The van der Waals surface area contributed by atoms with Crippen LogP contribution in [0.3, 0.4) is 0 Å². The van der Waals surface area contributed by atoms with Gasteiger partial charge in [0, 0.05) is 0 Å². The SMILES string of the molecule is Cc1cccc2nc(C(c3ccccc3)n3cnc4c(N)ncnc43)cnc12. The number of nitrogens with two attached hydrogens (primary N) is 1. The Morgan fingerprint density at radius 1 is 0.893 bits per heavy atom. The number of aromatic nitrogens is 6. The van der Waals surface area contributed by atoms with Crippen LogP contribution < -0.4 is 5.73 Å². The second-order valence-electron chi connectivity index (χ2n) is 6.63. The fourth-order valence-electron chi connectivity index (χ4n) is 3.50. The number of anilines is 1. The first-order valence-corrected chi connectivity index (χ1v) is 8.92. The summed E-state index contributed by atoms with van der Waals surface area (Å²) < 4.78 is 1.97. The Morgan fingerprint density at radius 3 is 2.61 bits per heavy atom. The molecule has 7 heteroatoms. The Kier molecular flexibility index (Phi) is 3.72. The maximum atomic E-state index is 5.98. The minimum atomic E-state index is -0.238. The summed E-state index contributed by atoms with van der Waals surface area (Å²) in [5.74, 6) is 0.357. The van der Waals surface area contributed by atoms with Crippen molar-refractivity contribution in [3.8, 4) is 0 Å². The molecule has 0 saturated carbocycles. The van der Waals surface area contributed by atoms with E-state index < -0.39 is 0 Å². The van der Waals surface area contributed by atoms with Crippen molar-refractivity contribution < 1.29 is 0 Å². The highest BCUT2D eigenvalue weighted by Crippen LogP contribution is 2.29. The molecule has 3 aromatic heterocycles. The van der Waals surface area contributed by atoms with Gasteiger partial charge in [0.2, 0.25) is 0 Å². The molecule has 0 amide bonds. The van der Waals surface area contributed by atoms with Crippen molar-refractivity contribution in [2.45, 2.75) is 13.0 Å². The number of rotatable bonds is 3. The van der Waals surface area contributed by atoms with Crippen LogP contribution in [0.5, 0.6) is 0 Å². The van der Waals surface area contributed by atoms with Crippen LogP contribution in [-0.4, -0.2) is 29.5 Å². The Hall–Kier alpha value is -3.87. The Bertz CT molecular complexity index is 1290. The topological polar surface area (TPSA) is 95.4 Å². The zero-order chi connectivity index (χ0) is 19.1. The van der Waals surface area contributed by atoms with Gasteiger partial charge in [0.05, 0.1) is 29.3 Å². The molecule has 0 fully saturated rings. The molecule has 0 aliphatic heterocycles. The van der Waals surface area contributed by atoms with E-state index in [-0.39, 0.29) is 6.04 Å². The van der Waals surface area contributed by atoms with Crippen LogP contribution in [0, 0.1) is 6.92 Å². The van der Waals surface area contributed by atoms with Gasteiger partial charge in [0.1, 0.15) is 17.9 Å². The fourth-order valence-corrected chi connectivity index (χ4v) is 3.50. The van der Waals surface area contributed by atoms with Crippen LogP contribution >= 0.6 is 0 Å². The van der Waals surface area contributed by atoms with Crippen LogP contribution in [0.4, 0.5) is 5.82 Å². The van der Waals surface area contributed by atoms with Crippen molar-refractivity contribution >= 4 is 28.0 Å². The largest absolute Gasteiger partial charge is 0.382 e. The highest BCUT2D eigenvalue weighted by atomic mass is 15.2. The summed E-state index contributed by atoms with van der Waals surface area (Å²) in [7, 11) is 0. The Balaban J connectivity index is 1.77. The van der Waals surface area contributed by atoms with Gasteiger partial charge < -0.3 is 10.3 Å². The van der Waals surface area contributed by atoms with E-state index in [2.05, 4.69) is 32.1 Å². The molecule has 28 heavy (non-hydrogen) atoms. The summed E-state index contributed by atoms with van der Waals surface area (Å²) in [6, 6.07) is 15.9. The molecule has 0 aliphatic carbocycles. The van der Waals surface area contributed by atoms with Gasteiger partial charge in [-0.2, -0.15) is 0 Å². The number of hydrogen-bond donors (Lipinski definition) is 1. The lowest BCUT2D eigenvalue weighted by molar-refractivity contribution is 0.670. The average Bonchev–Trinajstić information content (AvgIpc) is 3.14. The summed E-state index contributed by atoms with van der Waals surface area (Å²) in [5, 5.41) is 0. The molecule has 2 N–H and O–H groups in total. The first-order chi connectivity index (χ1) is 13.7. The van der Waals surface area contributed by atoms with Crippen molar-refractivity contribution in [2.24, 2.45) is 0 Å². The second-order valence-corrected chi connectivity index (χ2v) is 6.63. The predicted molar refractivity (Wildman–Crippen MR) is 108 cm³/mol. The number of hydrogen-bond acceptors (Lipinski definition) is 6. The number of nitrogens with zero attached hydrogens (tertiary/aromatic N) is 6. The van der Waals surface area contributed by atoms with Gasteiger partial charge in [0.25, 0.3) is 0 Å². The highest BCUT2D eigenvalue weighted by molar-refractivity contribution is 5.81. The average molecular weight is 367 g/mol. The molecule has 2 aromatic carbocycles. The van der Waals surface area contributed by atoms with Gasteiger partial charge in [0.15, 0.2) is 11.5 Å². The standard InChI is InChI=1S/C21H17N7/c1-13-6-5-9-15-17(13)23-10-16(27-15)19(14-7-3-2-4-8-14)28-12-26-18-20(22)24-11-25-21(18)28/h2-12,19H,1H3,(H2,22,24,25). The van der Waals surface area contributed by atoms with Gasteiger partial charge in [-0.3, -0.25) is 4.98 Å². The molecule has 136 valence electrons. The van der Waals surface area contributed by atoms with Crippen molar-refractivity contribution in [2.75, 3.05) is 5.73 Å². The van der Waals surface area contributed by atoms with E-state index in [1.165, 1.54) is 6.33 Å². The molecule has 1 unspecified atom stereocenters. The van der Waals surface area contributed by atoms with E-state index in [4.69, 9.17) is 10.7 Å². The molecule has 0 spiro atoms. The third-order valence-electron chi connectivity index (χ3n) is 4.85. The lowest BCUT2D eigenvalue weighted by Crippen LogP contribution is -2.14. The van der Waals surface area contributed by atoms with E-state index in [0.29, 0.717) is 17.0 Å². The molecular weight excluding hydrogens is 350 g/mol. The molecule has 0 saturated heterocycles. The smallest absolute Gasteiger partial charge is 0.166 e. The van der Waals surface area contributed by atoms with Gasteiger partial charge in [-0.25, -0.2) is 19.9 Å². The number of nitrogen functional groups attached to an aromatic ring is 1. The molecule has 7 nitrogen and oxygen atoms in total. The number of aryl methyl sites for hydroxylation is 1. The summed E-state index contributed by atoms with van der Waals surface area (Å²) in [5.41, 5.74) is 11.9. The number of imidazole rings is 1. The van der Waals surface area contributed by atoms with Crippen LogP contribution in [0.15, 0.2) is 67.4 Å². The second kappa shape index (κ2) is 6.38. The van der Waals surface area contributed by atoms with Crippen LogP contribution in [0.2, 0.25) is 0 Å². The zero-order valence-electron chi connectivity index (χ0n) is 15.2. The Labute approximate surface area is 160 Å². The van der Waals surface area contributed by atoms with E-state index in [1.807, 2.05) is 54.1 Å². The summed E-state index contributed by atoms with van der Waals surface area (Å²) in [6.07, 6.45) is 5.01. The molecule has 0 bridgehead atoms. The maximum absolute atomic E-state index is 5.98. The summed E-state index contributed by atoms with van der Waals surface area (Å²) >= 11 is 0. The normalized spacial score (nSPS) is 12.5. The third-order valence-corrected chi connectivity index (χ3v) is 4.85. The first-order valence-electron chi connectivity index (χ1n) is 8.92.